The highest BCUT2D eigenvalue weighted by Crippen LogP contribution is 2.19. The van der Waals surface area contributed by atoms with Crippen LogP contribution in [-0.2, 0) is 0 Å². The Bertz CT molecular complexity index is 380. The second-order valence-corrected chi connectivity index (χ2v) is 2.65. The first kappa shape index (κ1) is 10.4. The summed E-state index contributed by atoms with van der Waals surface area (Å²) in [6.07, 6.45) is 0. The number of hydrogen-bond donors (Lipinski definition) is 2. The van der Waals surface area contributed by atoms with E-state index in [1.54, 1.807) is 0 Å². The fraction of sp³-hybridized carbons (Fsp3) is 0.125. The van der Waals surface area contributed by atoms with E-state index in [1.807, 2.05) is 0 Å². The Hall–Kier alpha value is -1.69. The van der Waals surface area contributed by atoms with Crippen LogP contribution in [0.1, 0.15) is 10.4 Å². The molecule has 1 aromatic rings. The van der Waals surface area contributed by atoms with Gasteiger partial charge in [-0.2, -0.15) is 0 Å². The Morgan fingerprint density at radius 3 is 2.57 bits per heavy atom. The van der Waals surface area contributed by atoms with Crippen LogP contribution in [0.25, 0.3) is 0 Å². The first-order valence-corrected chi connectivity index (χ1v) is 3.65. The molecule has 1 aromatic carbocycles. The Morgan fingerprint density at radius 2 is 2.07 bits per heavy atom. The van der Waals surface area contributed by atoms with Gasteiger partial charge >= 0.3 is 0 Å². The van der Waals surface area contributed by atoms with Crippen LogP contribution in [0.4, 0.5) is 14.5 Å². The monoisotopic (exact) mass is 202 g/mol. The molecule has 0 aromatic heterocycles. The van der Waals surface area contributed by atoms with Crippen LogP contribution in [0.15, 0.2) is 12.1 Å². The molecule has 0 unspecified atom stereocenters. The lowest BCUT2D eigenvalue weighted by Crippen LogP contribution is -2.25. The zero-order chi connectivity index (χ0) is 10.9. The number of rotatable bonds is 1. The van der Waals surface area contributed by atoms with Crippen LogP contribution >= 0.6 is 0 Å². The predicted octanol–water partition coefficient (Wildman–Crippen LogP) is 1.01. The molecule has 1 rings (SSSR count). The highest BCUT2D eigenvalue weighted by molar-refractivity contribution is 5.94. The molecule has 4 nitrogen and oxygen atoms in total. The number of carbonyl (C=O) groups is 1. The van der Waals surface area contributed by atoms with Crippen LogP contribution in [0.3, 0.4) is 0 Å². The van der Waals surface area contributed by atoms with Gasteiger partial charge in [0, 0.05) is 7.05 Å². The van der Waals surface area contributed by atoms with E-state index in [-0.39, 0.29) is 10.8 Å². The molecule has 3 N–H and O–H groups in total. The minimum absolute atomic E-state index is 0.0843. The molecule has 0 saturated carbocycles. The van der Waals surface area contributed by atoms with Gasteiger partial charge in [0.05, 0.1) is 5.69 Å². The fourth-order valence-electron chi connectivity index (χ4n) is 0.926. The van der Waals surface area contributed by atoms with Crippen LogP contribution in [0.2, 0.25) is 0 Å². The van der Waals surface area contributed by atoms with Crippen LogP contribution in [0, 0.1) is 11.6 Å². The van der Waals surface area contributed by atoms with E-state index in [4.69, 9.17) is 10.9 Å². The van der Waals surface area contributed by atoms with Crippen molar-refractivity contribution in [1.82, 2.24) is 5.06 Å². The third kappa shape index (κ3) is 1.64. The average Bonchev–Trinajstić information content (AvgIpc) is 2.12. The molecular weight excluding hydrogens is 194 g/mol. The maximum Gasteiger partial charge on any atom is 0.283 e. The second kappa shape index (κ2) is 3.59. The molecule has 0 aliphatic heterocycles. The summed E-state index contributed by atoms with van der Waals surface area (Å²) in [5, 5.41) is 8.81. The number of hydroxylamine groups is 2. The highest BCUT2D eigenvalue weighted by Gasteiger charge is 2.21. The zero-order valence-corrected chi connectivity index (χ0v) is 7.29. The van der Waals surface area contributed by atoms with Crippen LogP contribution < -0.4 is 5.73 Å². The SMILES string of the molecule is CN(O)C(=O)c1c(F)ccc(N)c1F. The second-order valence-electron chi connectivity index (χ2n) is 2.65. The minimum Gasteiger partial charge on any atom is -0.396 e. The van der Waals surface area contributed by atoms with Crippen molar-refractivity contribution in [2.24, 2.45) is 0 Å². The van der Waals surface area contributed by atoms with Crippen molar-refractivity contribution in [1.29, 1.82) is 0 Å². The number of nitrogens with two attached hydrogens (primary N) is 1. The summed E-state index contributed by atoms with van der Waals surface area (Å²) in [5.74, 6) is -3.43. The first-order chi connectivity index (χ1) is 6.45. The van der Waals surface area contributed by atoms with E-state index in [0.29, 0.717) is 0 Å². The largest absolute Gasteiger partial charge is 0.396 e. The Balaban J connectivity index is 3.33. The number of halogens is 2. The predicted molar refractivity (Wildman–Crippen MR) is 44.7 cm³/mol. The molecule has 6 heteroatoms. The summed E-state index contributed by atoms with van der Waals surface area (Å²) < 4.78 is 26.1. The van der Waals surface area contributed by atoms with Crippen LogP contribution in [0.5, 0.6) is 0 Å². The molecule has 0 spiro atoms. The smallest absolute Gasteiger partial charge is 0.283 e. The quantitative estimate of drug-likeness (QED) is 0.405. The summed E-state index contributed by atoms with van der Waals surface area (Å²) in [6, 6.07) is 1.86. The Kier molecular flexibility index (Phi) is 2.66. The number of amides is 1. The average molecular weight is 202 g/mol. The molecule has 0 atom stereocenters. The van der Waals surface area contributed by atoms with E-state index in [9.17, 15) is 13.6 Å². The number of benzene rings is 1. The lowest BCUT2D eigenvalue weighted by atomic mass is 10.1. The maximum absolute atomic E-state index is 13.1. The molecule has 0 aliphatic carbocycles. The lowest BCUT2D eigenvalue weighted by molar-refractivity contribution is -0.0381. The molecule has 0 radical (unpaired) electrons. The van der Waals surface area contributed by atoms with Crippen molar-refractivity contribution in [3.8, 4) is 0 Å². The number of anilines is 1. The Labute approximate surface area is 78.5 Å². The molecule has 0 fully saturated rings. The number of nitrogens with zero attached hydrogens (tertiary/aromatic N) is 1. The van der Waals surface area contributed by atoms with Gasteiger partial charge in [-0.15, -0.1) is 0 Å². The van der Waals surface area contributed by atoms with Gasteiger partial charge in [-0.3, -0.25) is 10.0 Å². The van der Waals surface area contributed by atoms with E-state index < -0.39 is 23.1 Å². The fourth-order valence-corrected chi connectivity index (χ4v) is 0.926. The van der Waals surface area contributed by atoms with E-state index in [1.165, 1.54) is 0 Å². The van der Waals surface area contributed by atoms with Gasteiger partial charge in [0.2, 0.25) is 0 Å². The molecule has 76 valence electrons. The van der Waals surface area contributed by atoms with Crippen molar-refractivity contribution in [2.75, 3.05) is 12.8 Å². The molecular formula is C8H8F2N2O2. The van der Waals surface area contributed by atoms with Crippen molar-refractivity contribution in [3.05, 3.63) is 29.3 Å². The van der Waals surface area contributed by atoms with Gasteiger partial charge in [0.15, 0.2) is 5.82 Å². The standard InChI is InChI=1S/C8H8F2N2O2/c1-12(14)8(13)6-4(9)2-3-5(11)7(6)10/h2-3,14H,11H2,1H3. The van der Waals surface area contributed by atoms with Gasteiger partial charge in [-0.05, 0) is 12.1 Å². The molecule has 14 heavy (non-hydrogen) atoms. The summed E-state index contributed by atoms with van der Waals surface area (Å²) in [6.45, 7) is 0. The van der Waals surface area contributed by atoms with Crippen molar-refractivity contribution >= 4 is 11.6 Å². The normalized spacial score (nSPS) is 10.0. The van der Waals surface area contributed by atoms with Crippen molar-refractivity contribution in [3.63, 3.8) is 0 Å². The van der Waals surface area contributed by atoms with E-state index in [0.717, 1.165) is 19.2 Å². The van der Waals surface area contributed by atoms with Gasteiger partial charge in [0.1, 0.15) is 11.4 Å². The minimum atomic E-state index is -1.19. The molecule has 1 amide bonds. The summed E-state index contributed by atoms with van der Waals surface area (Å²) in [7, 11) is 0.963. The van der Waals surface area contributed by atoms with Crippen LogP contribution in [-0.4, -0.2) is 23.2 Å². The number of hydrogen-bond acceptors (Lipinski definition) is 3. The van der Waals surface area contributed by atoms with Gasteiger partial charge in [0.25, 0.3) is 5.91 Å². The first-order valence-electron chi connectivity index (χ1n) is 3.65. The number of nitrogen functional groups attached to an aromatic ring is 1. The Morgan fingerprint density at radius 1 is 1.50 bits per heavy atom. The zero-order valence-electron chi connectivity index (χ0n) is 7.29. The van der Waals surface area contributed by atoms with Gasteiger partial charge in [-0.25, -0.2) is 13.8 Å². The topological polar surface area (TPSA) is 66.6 Å². The third-order valence-electron chi connectivity index (χ3n) is 1.63. The summed E-state index contributed by atoms with van der Waals surface area (Å²) >= 11 is 0. The molecule has 0 aliphatic rings. The van der Waals surface area contributed by atoms with Gasteiger partial charge in [-0.1, -0.05) is 0 Å². The van der Waals surface area contributed by atoms with Crippen molar-refractivity contribution in [2.45, 2.75) is 0 Å². The molecule has 0 bridgehead atoms. The van der Waals surface area contributed by atoms with Gasteiger partial charge < -0.3 is 5.73 Å². The highest BCUT2D eigenvalue weighted by atomic mass is 19.1. The molecule has 0 saturated heterocycles. The molecule has 0 heterocycles. The lowest BCUT2D eigenvalue weighted by Gasteiger charge is -2.10. The number of carbonyl (C=O) groups excluding carboxylic acids is 1. The van der Waals surface area contributed by atoms with E-state index >= 15 is 0 Å². The van der Waals surface area contributed by atoms with E-state index in [2.05, 4.69) is 0 Å². The summed E-state index contributed by atoms with van der Waals surface area (Å²) in [5.41, 5.74) is 3.92. The maximum atomic E-state index is 13.1. The third-order valence-corrected chi connectivity index (χ3v) is 1.63. The summed E-state index contributed by atoms with van der Waals surface area (Å²) in [4.78, 5) is 11.1. The van der Waals surface area contributed by atoms with Crippen molar-refractivity contribution < 1.29 is 18.8 Å².